The fraction of sp³-hybridized carbons (Fsp3) is 0.381. The van der Waals surface area contributed by atoms with Crippen LogP contribution in [-0.2, 0) is 11.3 Å². The summed E-state index contributed by atoms with van der Waals surface area (Å²) < 4.78 is 0. The summed E-state index contributed by atoms with van der Waals surface area (Å²) in [6.45, 7) is 1.74. The quantitative estimate of drug-likeness (QED) is 0.772. The highest BCUT2D eigenvalue weighted by molar-refractivity contribution is 6.35. The van der Waals surface area contributed by atoms with Crippen LogP contribution < -0.4 is 5.32 Å². The maximum Gasteiger partial charge on any atom is 0.227 e. The van der Waals surface area contributed by atoms with Crippen molar-refractivity contribution in [3.05, 3.63) is 63.1 Å². The maximum atomic E-state index is 12.1. The molecule has 1 N–H and O–H groups in total. The van der Waals surface area contributed by atoms with E-state index in [-0.39, 0.29) is 17.7 Å². The van der Waals surface area contributed by atoms with Gasteiger partial charge in [-0.1, -0.05) is 41.8 Å². The van der Waals surface area contributed by atoms with E-state index in [0.29, 0.717) is 5.02 Å². The Balaban J connectivity index is 1.59. The van der Waals surface area contributed by atoms with Gasteiger partial charge in [-0.15, -0.1) is 0 Å². The van der Waals surface area contributed by atoms with Crippen LogP contribution >= 0.6 is 23.2 Å². The van der Waals surface area contributed by atoms with Crippen molar-refractivity contribution in [2.24, 2.45) is 5.92 Å². The molecule has 1 fully saturated rings. The number of hydrogen-bond acceptors (Lipinski definition) is 2. The molecule has 1 atom stereocenters. The van der Waals surface area contributed by atoms with Gasteiger partial charge in [0.15, 0.2) is 0 Å². The molecule has 1 saturated carbocycles. The van der Waals surface area contributed by atoms with Gasteiger partial charge in [-0.25, -0.2) is 0 Å². The van der Waals surface area contributed by atoms with E-state index in [4.69, 9.17) is 23.2 Å². The monoisotopic (exact) mass is 388 g/mol. The van der Waals surface area contributed by atoms with Gasteiger partial charge in [0.2, 0.25) is 5.91 Å². The molecule has 0 aromatic heterocycles. The molecule has 0 bridgehead atoms. The van der Waals surface area contributed by atoms with Crippen LogP contribution in [-0.4, -0.2) is 24.4 Å². The van der Waals surface area contributed by atoms with Crippen molar-refractivity contribution in [3.63, 3.8) is 0 Å². The van der Waals surface area contributed by atoms with Crippen molar-refractivity contribution in [3.8, 4) is 0 Å². The number of fused-ring (bicyclic) bond motifs is 1. The van der Waals surface area contributed by atoms with Gasteiger partial charge in [-0.05, 0) is 60.8 Å². The molecule has 1 unspecified atom stereocenters. The SMILES string of the molecule is CN1Cc2c(Cl)cc(Cl)cc2C(c2ccc(NC(=O)C3CCC3)cc2)C1. The third kappa shape index (κ3) is 3.48. The summed E-state index contributed by atoms with van der Waals surface area (Å²) in [5.41, 5.74) is 4.42. The number of anilines is 1. The second-order valence-corrected chi connectivity index (χ2v) is 8.29. The van der Waals surface area contributed by atoms with Crippen LogP contribution in [0.1, 0.15) is 41.9 Å². The second-order valence-electron chi connectivity index (χ2n) is 7.44. The molecule has 1 aliphatic carbocycles. The molecule has 2 aliphatic rings. The predicted octanol–water partition coefficient (Wildman–Crippen LogP) is 5.31. The minimum Gasteiger partial charge on any atom is -0.326 e. The molecule has 0 radical (unpaired) electrons. The Morgan fingerprint density at radius 1 is 1.15 bits per heavy atom. The fourth-order valence-electron chi connectivity index (χ4n) is 3.84. The molecule has 1 aliphatic heterocycles. The fourth-order valence-corrected chi connectivity index (χ4v) is 4.41. The van der Waals surface area contributed by atoms with Crippen LogP contribution in [0.2, 0.25) is 10.0 Å². The highest BCUT2D eigenvalue weighted by Crippen LogP contribution is 2.38. The molecule has 136 valence electrons. The molecule has 1 amide bonds. The lowest BCUT2D eigenvalue weighted by molar-refractivity contribution is -0.122. The van der Waals surface area contributed by atoms with Crippen LogP contribution in [0.15, 0.2) is 36.4 Å². The number of carbonyl (C=O) groups excluding carboxylic acids is 1. The van der Waals surface area contributed by atoms with Crippen LogP contribution in [0.5, 0.6) is 0 Å². The summed E-state index contributed by atoms with van der Waals surface area (Å²) in [7, 11) is 2.11. The topological polar surface area (TPSA) is 32.3 Å². The first-order valence-electron chi connectivity index (χ1n) is 9.08. The Kier molecular flexibility index (Phi) is 4.96. The third-order valence-electron chi connectivity index (χ3n) is 5.55. The number of carbonyl (C=O) groups is 1. The average Bonchev–Trinajstić information content (AvgIpc) is 2.54. The summed E-state index contributed by atoms with van der Waals surface area (Å²) in [6.07, 6.45) is 3.18. The van der Waals surface area contributed by atoms with Crippen molar-refractivity contribution in [2.75, 3.05) is 18.9 Å². The zero-order valence-electron chi connectivity index (χ0n) is 14.8. The molecule has 26 heavy (non-hydrogen) atoms. The lowest BCUT2D eigenvalue weighted by Gasteiger charge is -2.33. The lowest BCUT2D eigenvalue weighted by Crippen LogP contribution is -2.31. The third-order valence-corrected chi connectivity index (χ3v) is 6.10. The molecule has 0 spiro atoms. The summed E-state index contributed by atoms with van der Waals surface area (Å²) in [5, 5.41) is 4.43. The summed E-state index contributed by atoms with van der Waals surface area (Å²) in [4.78, 5) is 14.4. The zero-order valence-corrected chi connectivity index (χ0v) is 16.3. The Morgan fingerprint density at radius 3 is 2.54 bits per heavy atom. The Hall–Kier alpha value is -1.55. The predicted molar refractivity (Wildman–Crippen MR) is 107 cm³/mol. The molecule has 2 aromatic carbocycles. The molecular formula is C21H22Cl2N2O. The van der Waals surface area contributed by atoms with Crippen LogP contribution in [0.25, 0.3) is 0 Å². The van der Waals surface area contributed by atoms with Crippen molar-refractivity contribution < 1.29 is 4.79 Å². The maximum absolute atomic E-state index is 12.1. The van der Waals surface area contributed by atoms with E-state index in [1.165, 1.54) is 11.1 Å². The van der Waals surface area contributed by atoms with Gasteiger partial charge in [-0.3, -0.25) is 4.79 Å². The first-order valence-corrected chi connectivity index (χ1v) is 9.84. The first-order chi connectivity index (χ1) is 12.5. The smallest absolute Gasteiger partial charge is 0.227 e. The largest absolute Gasteiger partial charge is 0.326 e. The van der Waals surface area contributed by atoms with Gasteiger partial charge in [0, 0.05) is 40.7 Å². The van der Waals surface area contributed by atoms with E-state index in [2.05, 4.69) is 29.4 Å². The number of hydrogen-bond donors (Lipinski definition) is 1. The van der Waals surface area contributed by atoms with E-state index in [0.717, 1.165) is 48.6 Å². The lowest BCUT2D eigenvalue weighted by atomic mass is 9.84. The van der Waals surface area contributed by atoms with Gasteiger partial charge < -0.3 is 10.2 Å². The Morgan fingerprint density at radius 2 is 1.88 bits per heavy atom. The van der Waals surface area contributed by atoms with Gasteiger partial charge in [-0.2, -0.15) is 0 Å². The van der Waals surface area contributed by atoms with Crippen molar-refractivity contribution in [1.29, 1.82) is 0 Å². The summed E-state index contributed by atoms with van der Waals surface area (Å²) >= 11 is 12.7. The number of benzene rings is 2. The Bertz CT molecular complexity index is 831. The first kappa shape index (κ1) is 17.8. The van der Waals surface area contributed by atoms with Crippen LogP contribution in [0, 0.1) is 5.92 Å². The number of amides is 1. The van der Waals surface area contributed by atoms with Crippen molar-refractivity contribution in [1.82, 2.24) is 4.90 Å². The Labute approximate surface area is 164 Å². The molecule has 4 rings (SSSR count). The minimum atomic E-state index is 0.144. The summed E-state index contributed by atoms with van der Waals surface area (Å²) in [5.74, 6) is 0.555. The zero-order chi connectivity index (χ0) is 18.3. The number of halogens is 2. The van der Waals surface area contributed by atoms with Gasteiger partial charge in [0.25, 0.3) is 0 Å². The van der Waals surface area contributed by atoms with E-state index < -0.39 is 0 Å². The van der Waals surface area contributed by atoms with E-state index in [9.17, 15) is 4.79 Å². The van der Waals surface area contributed by atoms with E-state index >= 15 is 0 Å². The molecule has 0 saturated heterocycles. The van der Waals surface area contributed by atoms with E-state index in [1.54, 1.807) is 0 Å². The highest BCUT2D eigenvalue weighted by atomic mass is 35.5. The number of rotatable bonds is 3. The van der Waals surface area contributed by atoms with Crippen LogP contribution in [0.4, 0.5) is 5.69 Å². The van der Waals surface area contributed by atoms with Crippen LogP contribution in [0.3, 0.4) is 0 Å². The van der Waals surface area contributed by atoms with Crippen molar-refractivity contribution >= 4 is 34.8 Å². The molecule has 3 nitrogen and oxygen atoms in total. The van der Waals surface area contributed by atoms with Gasteiger partial charge in [0.1, 0.15) is 0 Å². The van der Waals surface area contributed by atoms with E-state index in [1.807, 2.05) is 24.3 Å². The highest BCUT2D eigenvalue weighted by Gasteiger charge is 2.28. The average molecular weight is 389 g/mol. The molecule has 2 aromatic rings. The standard InChI is InChI=1S/C21H22Cl2N2O/c1-25-11-18(17-9-15(22)10-20(23)19(17)12-25)13-5-7-16(8-6-13)24-21(26)14-3-2-4-14/h5-10,14,18H,2-4,11-12H2,1H3,(H,24,26). The number of nitrogens with one attached hydrogen (secondary N) is 1. The summed E-state index contributed by atoms with van der Waals surface area (Å²) in [6, 6.07) is 12.0. The minimum absolute atomic E-state index is 0.144. The normalized spacial score (nSPS) is 20.3. The number of likely N-dealkylation sites (N-methyl/N-ethyl adjacent to an activating group) is 1. The second kappa shape index (κ2) is 7.22. The van der Waals surface area contributed by atoms with Gasteiger partial charge in [0.05, 0.1) is 0 Å². The number of nitrogens with zero attached hydrogens (tertiary/aromatic N) is 1. The van der Waals surface area contributed by atoms with Crippen molar-refractivity contribution in [2.45, 2.75) is 31.7 Å². The molecule has 5 heteroatoms. The molecule has 1 heterocycles. The van der Waals surface area contributed by atoms with Gasteiger partial charge >= 0.3 is 0 Å². The molecular weight excluding hydrogens is 367 g/mol.